The Labute approximate surface area is 132 Å². The van der Waals surface area contributed by atoms with Gasteiger partial charge in [0.1, 0.15) is 0 Å². The fourth-order valence-corrected chi connectivity index (χ4v) is 2.86. The molecule has 1 saturated heterocycles. The van der Waals surface area contributed by atoms with E-state index in [1.807, 2.05) is 26.2 Å². The van der Waals surface area contributed by atoms with Gasteiger partial charge in [0, 0.05) is 32.8 Å². The van der Waals surface area contributed by atoms with Gasteiger partial charge in [-0.2, -0.15) is 0 Å². The summed E-state index contributed by atoms with van der Waals surface area (Å²) in [5.74, 6) is 0.0521. The zero-order valence-electron chi connectivity index (χ0n) is 13.6. The van der Waals surface area contributed by atoms with Crippen molar-refractivity contribution in [1.29, 1.82) is 0 Å². The lowest BCUT2D eigenvalue weighted by Crippen LogP contribution is -2.48. The molecule has 2 rings (SSSR count). The highest BCUT2D eigenvalue weighted by molar-refractivity contribution is 5.83. The van der Waals surface area contributed by atoms with Crippen LogP contribution in [0.15, 0.2) is 24.3 Å². The Morgan fingerprint density at radius 2 is 2.00 bits per heavy atom. The van der Waals surface area contributed by atoms with E-state index in [4.69, 9.17) is 10.5 Å². The maximum Gasteiger partial charge on any atom is 0.227 e. The molecular weight excluding hydrogens is 278 g/mol. The quantitative estimate of drug-likeness (QED) is 0.826. The van der Waals surface area contributed by atoms with Crippen molar-refractivity contribution in [2.45, 2.75) is 25.9 Å². The monoisotopic (exact) mass is 305 g/mol. The Balaban J connectivity index is 1.95. The summed E-state index contributed by atoms with van der Waals surface area (Å²) in [6.45, 7) is 3.04. The van der Waals surface area contributed by atoms with Gasteiger partial charge in [-0.05, 0) is 38.1 Å². The van der Waals surface area contributed by atoms with Crippen LogP contribution in [0.5, 0.6) is 0 Å². The third kappa shape index (κ3) is 4.29. The Hall–Kier alpha value is -1.43. The largest absolute Gasteiger partial charge is 0.381 e. The predicted octanol–water partition coefficient (Wildman–Crippen LogP) is 1.12. The van der Waals surface area contributed by atoms with Gasteiger partial charge < -0.3 is 20.7 Å². The first-order valence-corrected chi connectivity index (χ1v) is 7.84. The Bertz CT molecular complexity index is 496. The molecule has 1 aliphatic rings. The minimum absolute atomic E-state index is 0.0521. The highest BCUT2D eigenvalue weighted by atomic mass is 16.5. The summed E-state index contributed by atoms with van der Waals surface area (Å²) >= 11 is 0. The van der Waals surface area contributed by atoms with Crippen LogP contribution in [0.2, 0.25) is 0 Å². The molecule has 0 aliphatic carbocycles. The molecule has 122 valence electrons. The molecular formula is C17H27N3O2. The fraction of sp³-hybridized carbons (Fsp3) is 0.588. The number of rotatable bonds is 6. The van der Waals surface area contributed by atoms with E-state index in [0.29, 0.717) is 39.1 Å². The van der Waals surface area contributed by atoms with Gasteiger partial charge in [0.15, 0.2) is 0 Å². The first-order chi connectivity index (χ1) is 10.6. The number of amides is 1. The summed E-state index contributed by atoms with van der Waals surface area (Å²) in [4.78, 5) is 14.7. The van der Waals surface area contributed by atoms with Crippen LogP contribution < -0.4 is 11.1 Å². The minimum Gasteiger partial charge on any atom is -0.381 e. The molecule has 1 aliphatic heterocycles. The van der Waals surface area contributed by atoms with Crippen LogP contribution in [-0.2, 0) is 22.6 Å². The van der Waals surface area contributed by atoms with Gasteiger partial charge in [0.25, 0.3) is 0 Å². The van der Waals surface area contributed by atoms with Crippen molar-refractivity contribution in [2.24, 2.45) is 11.1 Å². The van der Waals surface area contributed by atoms with Crippen LogP contribution in [0.25, 0.3) is 0 Å². The van der Waals surface area contributed by atoms with E-state index < -0.39 is 5.41 Å². The zero-order chi connectivity index (χ0) is 16.0. The average molecular weight is 305 g/mol. The first kappa shape index (κ1) is 16.9. The van der Waals surface area contributed by atoms with Gasteiger partial charge in [-0.1, -0.05) is 24.3 Å². The van der Waals surface area contributed by atoms with Crippen LogP contribution in [0.3, 0.4) is 0 Å². The van der Waals surface area contributed by atoms with Gasteiger partial charge in [0.05, 0.1) is 5.41 Å². The van der Waals surface area contributed by atoms with E-state index in [-0.39, 0.29) is 5.91 Å². The van der Waals surface area contributed by atoms with Crippen molar-refractivity contribution in [1.82, 2.24) is 10.2 Å². The van der Waals surface area contributed by atoms with Crippen LogP contribution in [0.4, 0.5) is 0 Å². The number of benzene rings is 1. The van der Waals surface area contributed by atoms with Gasteiger partial charge in [-0.25, -0.2) is 0 Å². The van der Waals surface area contributed by atoms with Gasteiger partial charge >= 0.3 is 0 Å². The number of carbonyl (C=O) groups is 1. The van der Waals surface area contributed by atoms with E-state index in [1.165, 1.54) is 5.56 Å². The number of hydrogen-bond donors (Lipinski definition) is 2. The molecule has 3 N–H and O–H groups in total. The average Bonchev–Trinajstić information content (AvgIpc) is 2.53. The van der Waals surface area contributed by atoms with Gasteiger partial charge in [0.2, 0.25) is 5.91 Å². The third-order valence-electron chi connectivity index (χ3n) is 4.27. The SMILES string of the molecule is CN(C)Cc1cccc(CNC(=O)C2(CN)CCOCC2)c1. The molecule has 0 saturated carbocycles. The van der Waals surface area contributed by atoms with Crippen molar-refractivity contribution in [3.05, 3.63) is 35.4 Å². The van der Waals surface area contributed by atoms with Crippen molar-refractivity contribution >= 4 is 5.91 Å². The number of ether oxygens (including phenoxy) is 1. The highest BCUT2D eigenvalue weighted by Crippen LogP contribution is 2.29. The Kier molecular flexibility index (Phi) is 5.94. The summed E-state index contributed by atoms with van der Waals surface area (Å²) in [6.07, 6.45) is 1.41. The maximum atomic E-state index is 12.5. The number of nitrogens with zero attached hydrogens (tertiary/aromatic N) is 1. The van der Waals surface area contributed by atoms with Crippen LogP contribution in [0.1, 0.15) is 24.0 Å². The third-order valence-corrected chi connectivity index (χ3v) is 4.27. The smallest absolute Gasteiger partial charge is 0.227 e. The summed E-state index contributed by atoms with van der Waals surface area (Å²) in [5, 5.41) is 3.05. The molecule has 0 unspecified atom stereocenters. The van der Waals surface area contributed by atoms with Gasteiger partial charge in [-0.15, -0.1) is 0 Å². The van der Waals surface area contributed by atoms with Crippen molar-refractivity contribution in [3.63, 3.8) is 0 Å². The molecule has 1 aromatic rings. The second-order valence-corrected chi connectivity index (χ2v) is 6.34. The molecule has 0 bridgehead atoms. The molecule has 0 radical (unpaired) electrons. The first-order valence-electron chi connectivity index (χ1n) is 7.84. The minimum atomic E-state index is -0.459. The maximum absolute atomic E-state index is 12.5. The molecule has 1 heterocycles. The number of hydrogen-bond acceptors (Lipinski definition) is 4. The molecule has 22 heavy (non-hydrogen) atoms. The summed E-state index contributed by atoms with van der Waals surface area (Å²) in [6, 6.07) is 8.32. The van der Waals surface area contributed by atoms with Crippen molar-refractivity contribution in [3.8, 4) is 0 Å². The molecule has 1 amide bonds. The topological polar surface area (TPSA) is 67.6 Å². The summed E-state index contributed by atoms with van der Waals surface area (Å²) in [5.41, 5.74) is 7.77. The second kappa shape index (κ2) is 7.72. The van der Waals surface area contributed by atoms with Crippen LogP contribution in [-0.4, -0.2) is 44.7 Å². The number of nitrogens with one attached hydrogen (secondary N) is 1. The molecule has 0 spiro atoms. The summed E-state index contributed by atoms with van der Waals surface area (Å²) < 4.78 is 5.35. The van der Waals surface area contributed by atoms with Gasteiger partial charge in [-0.3, -0.25) is 4.79 Å². The zero-order valence-corrected chi connectivity index (χ0v) is 13.6. The predicted molar refractivity (Wildman–Crippen MR) is 87.2 cm³/mol. The van der Waals surface area contributed by atoms with E-state index >= 15 is 0 Å². The Morgan fingerprint density at radius 3 is 2.64 bits per heavy atom. The lowest BCUT2D eigenvalue weighted by atomic mass is 9.79. The molecule has 5 nitrogen and oxygen atoms in total. The van der Waals surface area contributed by atoms with E-state index in [9.17, 15) is 4.79 Å². The molecule has 5 heteroatoms. The second-order valence-electron chi connectivity index (χ2n) is 6.34. The normalized spacial score (nSPS) is 17.5. The standard InChI is InChI=1S/C17H27N3O2/c1-20(2)12-15-5-3-4-14(10-15)11-19-16(21)17(13-18)6-8-22-9-7-17/h3-5,10H,6-9,11-13,18H2,1-2H3,(H,19,21). The Morgan fingerprint density at radius 1 is 1.32 bits per heavy atom. The molecule has 0 atom stereocenters. The molecule has 0 aromatic heterocycles. The lowest BCUT2D eigenvalue weighted by molar-refractivity contribution is -0.136. The fourth-order valence-electron chi connectivity index (χ4n) is 2.86. The van der Waals surface area contributed by atoms with Crippen LogP contribution in [0, 0.1) is 5.41 Å². The molecule has 1 fully saturated rings. The van der Waals surface area contributed by atoms with Crippen LogP contribution >= 0.6 is 0 Å². The van der Waals surface area contributed by atoms with E-state index in [0.717, 1.165) is 12.1 Å². The van der Waals surface area contributed by atoms with E-state index in [1.54, 1.807) is 0 Å². The van der Waals surface area contributed by atoms with Crippen molar-refractivity contribution < 1.29 is 9.53 Å². The van der Waals surface area contributed by atoms with E-state index in [2.05, 4.69) is 22.3 Å². The lowest BCUT2D eigenvalue weighted by Gasteiger charge is -2.34. The molecule has 1 aromatic carbocycles. The number of carbonyl (C=O) groups excluding carboxylic acids is 1. The number of nitrogens with two attached hydrogens (primary N) is 1. The van der Waals surface area contributed by atoms with Crippen molar-refractivity contribution in [2.75, 3.05) is 33.9 Å². The highest BCUT2D eigenvalue weighted by Gasteiger charge is 2.38. The summed E-state index contributed by atoms with van der Waals surface area (Å²) in [7, 11) is 4.09.